The molecule has 0 spiro atoms. The van der Waals surface area contributed by atoms with E-state index >= 15 is 0 Å². The highest BCUT2D eigenvalue weighted by atomic mass is 79.9. The molecule has 0 saturated carbocycles. The molecule has 0 aliphatic carbocycles. The lowest BCUT2D eigenvalue weighted by Crippen LogP contribution is -2.09. The number of fused-ring (bicyclic) bond motifs is 1. The van der Waals surface area contributed by atoms with Gasteiger partial charge in [0.15, 0.2) is 0 Å². The Morgan fingerprint density at radius 3 is 2.57 bits per heavy atom. The van der Waals surface area contributed by atoms with Crippen LogP contribution in [-0.2, 0) is 5.88 Å². The monoisotopic (exact) mass is 362 g/mol. The Hall–Kier alpha value is -1.32. The quantitative estimate of drug-likeness (QED) is 0.565. The van der Waals surface area contributed by atoms with E-state index in [1.807, 2.05) is 0 Å². The van der Waals surface area contributed by atoms with Crippen molar-refractivity contribution in [3.05, 3.63) is 63.9 Å². The van der Waals surface area contributed by atoms with Crippen LogP contribution >= 0.6 is 27.5 Å². The first-order chi connectivity index (χ1) is 10.1. The zero-order valence-electron chi connectivity index (χ0n) is 12.0. The van der Waals surface area contributed by atoms with Crippen LogP contribution in [0.4, 0.5) is 0 Å². The van der Waals surface area contributed by atoms with Crippen LogP contribution in [0.1, 0.15) is 29.9 Å². The molecule has 0 bridgehead atoms. The fourth-order valence-corrected chi connectivity index (χ4v) is 3.13. The number of aryl methyl sites for hydroxylation is 1. The van der Waals surface area contributed by atoms with E-state index < -0.39 is 0 Å². The van der Waals surface area contributed by atoms with Crippen LogP contribution in [-0.4, -0.2) is 9.55 Å². The SMILES string of the molecule is Cc1ccc2c(c1)nc(CCl)n2C(C)c1ccc(Br)cc1. The van der Waals surface area contributed by atoms with Crippen LogP contribution in [0, 0.1) is 6.92 Å². The molecule has 0 aliphatic heterocycles. The van der Waals surface area contributed by atoms with Crippen LogP contribution in [0.15, 0.2) is 46.9 Å². The highest BCUT2D eigenvalue weighted by molar-refractivity contribution is 9.10. The lowest BCUT2D eigenvalue weighted by Gasteiger charge is -2.17. The smallest absolute Gasteiger partial charge is 0.125 e. The minimum Gasteiger partial charge on any atom is -0.320 e. The molecule has 2 aromatic carbocycles. The Kier molecular flexibility index (Phi) is 4.05. The first-order valence-electron chi connectivity index (χ1n) is 6.89. The van der Waals surface area contributed by atoms with Crippen molar-refractivity contribution >= 4 is 38.6 Å². The van der Waals surface area contributed by atoms with E-state index in [0.29, 0.717) is 5.88 Å². The van der Waals surface area contributed by atoms with E-state index in [1.54, 1.807) is 0 Å². The molecule has 1 heterocycles. The predicted molar refractivity (Wildman–Crippen MR) is 92.0 cm³/mol. The van der Waals surface area contributed by atoms with Gasteiger partial charge in [0.25, 0.3) is 0 Å². The van der Waals surface area contributed by atoms with Gasteiger partial charge in [0.2, 0.25) is 0 Å². The molecule has 2 nitrogen and oxygen atoms in total. The summed E-state index contributed by atoms with van der Waals surface area (Å²) in [4.78, 5) is 4.68. The minimum absolute atomic E-state index is 0.194. The van der Waals surface area contributed by atoms with Crippen molar-refractivity contribution in [2.24, 2.45) is 0 Å². The van der Waals surface area contributed by atoms with Gasteiger partial charge in [0, 0.05) is 4.47 Å². The Labute approximate surface area is 137 Å². The zero-order chi connectivity index (χ0) is 15.0. The van der Waals surface area contributed by atoms with Crippen molar-refractivity contribution < 1.29 is 0 Å². The Balaban J connectivity index is 2.16. The summed E-state index contributed by atoms with van der Waals surface area (Å²) < 4.78 is 3.31. The summed E-state index contributed by atoms with van der Waals surface area (Å²) in [6, 6.07) is 14.9. The van der Waals surface area contributed by atoms with E-state index in [-0.39, 0.29) is 6.04 Å². The predicted octanol–water partition coefficient (Wildman–Crippen LogP) is 5.46. The fraction of sp³-hybridized carbons (Fsp3) is 0.235. The normalized spacial score (nSPS) is 12.8. The molecule has 0 aliphatic rings. The van der Waals surface area contributed by atoms with E-state index in [4.69, 9.17) is 11.6 Å². The highest BCUT2D eigenvalue weighted by Gasteiger charge is 2.16. The van der Waals surface area contributed by atoms with E-state index in [2.05, 4.69) is 81.8 Å². The van der Waals surface area contributed by atoms with Crippen molar-refractivity contribution in [2.45, 2.75) is 25.8 Å². The summed E-state index contributed by atoms with van der Waals surface area (Å²) in [7, 11) is 0. The number of hydrogen-bond donors (Lipinski definition) is 0. The number of imidazole rings is 1. The average Bonchev–Trinajstić information content (AvgIpc) is 2.84. The number of nitrogens with zero attached hydrogens (tertiary/aromatic N) is 2. The lowest BCUT2D eigenvalue weighted by molar-refractivity contribution is 0.634. The largest absolute Gasteiger partial charge is 0.320 e. The highest BCUT2D eigenvalue weighted by Crippen LogP contribution is 2.28. The first-order valence-corrected chi connectivity index (χ1v) is 8.22. The molecule has 108 valence electrons. The molecule has 21 heavy (non-hydrogen) atoms. The van der Waals surface area contributed by atoms with Crippen LogP contribution in [0.3, 0.4) is 0 Å². The lowest BCUT2D eigenvalue weighted by atomic mass is 10.1. The topological polar surface area (TPSA) is 17.8 Å². The van der Waals surface area contributed by atoms with Crippen LogP contribution in [0.25, 0.3) is 11.0 Å². The third-order valence-corrected chi connectivity index (χ3v) is 4.54. The van der Waals surface area contributed by atoms with Gasteiger partial charge >= 0.3 is 0 Å². The fourth-order valence-electron chi connectivity index (χ4n) is 2.68. The molecular formula is C17H16BrClN2. The molecule has 0 amide bonds. The molecule has 0 saturated heterocycles. The molecule has 0 N–H and O–H groups in total. The minimum atomic E-state index is 0.194. The third-order valence-electron chi connectivity index (χ3n) is 3.78. The Morgan fingerprint density at radius 1 is 1.19 bits per heavy atom. The summed E-state index contributed by atoms with van der Waals surface area (Å²) in [5.41, 5.74) is 4.59. The molecular weight excluding hydrogens is 348 g/mol. The molecule has 1 atom stereocenters. The summed E-state index contributed by atoms with van der Waals surface area (Å²) in [6.07, 6.45) is 0. The number of hydrogen-bond acceptors (Lipinski definition) is 1. The van der Waals surface area contributed by atoms with Gasteiger partial charge in [-0.2, -0.15) is 0 Å². The molecule has 0 fully saturated rings. The van der Waals surface area contributed by atoms with Crippen molar-refractivity contribution in [3.63, 3.8) is 0 Å². The summed E-state index contributed by atoms with van der Waals surface area (Å²) >= 11 is 9.59. The van der Waals surface area contributed by atoms with E-state index in [0.717, 1.165) is 21.3 Å². The molecule has 1 aromatic heterocycles. The number of benzene rings is 2. The number of aromatic nitrogens is 2. The maximum absolute atomic E-state index is 6.11. The maximum atomic E-state index is 6.11. The Bertz CT molecular complexity index is 777. The van der Waals surface area contributed by atoms with Gasteiger partial charge in [0.05, 0.1) is 23.0 Å². The Morgan fingerprint density at radius 2 is 1.90 bits per heavy atom. The molecule has 3 aromatic rings. The van der Waals surface area contributed by atoms with Gasteiger partial charge in [-0.25, -0.2) is 4.98 Å². The summed E-state index contributed by atoms with van der Waals surface area (Å²) in [5, 5.41) is 0. The van der Waals surface area contributed by atoms with Gasteiger partial charge in [-0.1, -0.05) is 34.1 Å². The molecule has 1 unspecified atom stereocenters. The van der Waals surface area contributed by atoms with Gasteiger partial charge < -0.3 is 4.57 Å². The van der Waals surface area contributed by atoms with Crippen molar-refractivity contribution in [2.75, 3.05) is 0 Å². The molecule has 3 rings (SSSR count). The van der Waals surface area contributed by atoms with E-state index in [9.17, 15) is 0 Å². The van der Waals surface area contributed by atoms with Gasteiger partial charge in [-0.3, -0.25) is 0 Å². The van der Waals surface area contributed by atoms with Gasteiger partial charge in [0.1, 0.15) is 5.82 Å². The standard InChI is InChI=1S/C17H16BrClN2/c1-11-3-8-16-15(9-11)20-17(10-19)21(16)12(2)13-4-6-14(18)7-5-13/h3-9,12H,10H2,1-2H3. The third kappa shape index (κ3) is 2.72. The second kappa shape index (κ2) is 5.82. The number of halogens is 2. The first kappa shape index (κ1) is 14.6. The van der Waals surface area contributed by atoms with Crippen molar-refractivity contribution in [1.29, 1.82) is 0 Å². The van der Waals surface area contributed by atoms with Gasteiger partial charge in [-0.05, 0) is 49.2 Å². The van der Waals surface area contributed by atoms with Crippen molar-refractivity contribution in [1.82, 2.24) is 9.55 Å². The van der Waals surface area contributed by atoms with Gasteiger partial charge in [-0.15, -0.1) is 11.6 Å². The maximum Gasteiger partial charge on any atom is 0.125 e. The van der Waals surface area contributed by atoms with Crippen LogP contribution < -0.4 is 0 Å². The number of rotatable bonds is 3. The summed E-state index contributed by atoms with van der Waals surface area (Å²) in [6.45, 7) is 4.26. The molecule has 0 radical (unpaired) electrons. The van der Waals surface area contributed by atoms with E-state index in [1.165, 1.54) is 11.1 Å². The average molecular weight is 364 g/mol. The molecule has 4 heteroatoms. The van der Waals surface area contributed by atoms with Crippen LogP contribution in [0.5, 0.6) is 0 Å². The van der Waals surface area contributed by atoms with Crippen LogP contribution in [0.2, 0.25) is 0 Å². The second-order valence-electron chi connectivity index (χ2n) is 5.25. The summed E-state index contributed by atoms with van der Waals surface area (Å²) in [5.74, 6) is 1.32. The zero-order valence-corrected chi connectivity index (χ0v) is 14.3. The number of alkyl halides is 1. The van der Waals surface area contributed by atoms with Crippen molar-refractivity contribution in [3.8, 4) is 0 Å². The second-order valence-corrected chi connectivity index (χ2v) is 6.43.